The Morgan fingerprint density at radius 2 is 1.75 bits per heavy atom. The molecule has 0 saturated heterocycles. The summed E-state index contributed by atoms with van der Waals surface area (Å²) in [7, 11) is 2.07. The van der Waals surface area contributed by atoms with Gasteiger partial charge in [0.1, 0.15) is 12.9 Å². The second-order valence-electron chi connectivity index (χ2n) is 7.19. The minimum atomic E-state index is -0.176. The van der Waals surface area contributed by atoms with Crippen molar-refractivity contribution in [1.29, 1.82) is 0 Å². The Balaban J connectivity index is 2.11. The number of aryl methyl sites for hydroxylation is 2. The van der Waals surface area contributed by atoms with Crippen LogP contribution in [0.25, 0.3) is 22.4 Å². The van der Waals surface area contributed by atoms with E-state index in [-0.39, 0.29) is 11.2 Å². The topological polar surface area (TPSA) is 3.88 Å². The molecule has 120 valence electrons. The van der Waals surface area contributed by atoms with E-state index in [0.29, 0.717) is 0 Å². The molecule has 3 aromatic rings. The van der Waals surface area contributed by atoms with E-state index >= 15 is 0 Å². The number of pyridine rings is 1. The number of halogens is 1. The summed E-state index contributed by atoms with van der Waals surface area (Å²) in [5, 5.41) is 0. The molecule has 1 aromatic heterocycles. The number of hydrogen-bond acceptors (Lipinski definition) is 0. The van der Waals surface area contributed by atoms with E-state index in [1.54, 1.807) is 12.1 Å². The number of fused-ring (bicyclic) bond motifs is 3. The fraction of sp³-hybridized carbons (Fsp3) is 0.227. The predicted molar refractivity (Wildman–Crippen MR) is 95.3 cm³/mol. The van der Waals surface area contributed by atoms with Crippen LogP contribution in [0.1, 0.15) is 30.5 Å². The first-order valence-electron chi connectivity index (χ1n) is 8.31. The van der Waals surface area contributed by atoms with Crippen molar-refractivity contribution in [2.45, 2.75) is 26.2 Å². The molecule has 4 rings (SSSR count). The van der Waals surface area contributed by atoms with Gasteiger partial charge >= 0.3 is 0 Å². The van der Waals surface area contributed by atoms with Gasteiger partial charge in [-0.15, -0.1) is 0 Å². The molecule has 2 aromatic carbocycles. The zero-order valence-corrected chi connectivity index (χ0v) is 14.5. The van der Waals surface area contributed by atoms with Crippen LogP contribution in [-0.4, -0.2) is 0 Å². The second kappa shape index (κ2) is 5.01. The highest BCUT2D eigenvalue weighted by Crippen LogP contribution is 2.52. The summed E-state index contributed by atoms with van der Waals surface area (Å²) in [5.74, 6) is -0.176. The van der Waals surface area contributed by atoms with E-state index in [9.17, 15) is 4.39 Å². The van der Waals surface area contributed by atoms with Crippen molar-refractivity contribution in [3.8, 4) is 22.4 Å². The van der Waals surface area contributed by atoms with Gasteiger partial charge in [0.2, 0.25) is 5.69 Å². The van der Waals surface area contributed by atoms with Crippen LogP contribution in [0.5, 0.6) is 0 Å². The molecule has 1 heterocycles. The smallest absolute Gasteiger partial charge is 0.207 e. The zero-order chi connectivity index (χ0) is 17.1. The van der Waals surface area contributed by atoms with Crippen LogP contribution < -0.4 is 4.57 Å². The average Bonchev–Trinajstić information content (AvgIpc) is 2.76. The number of nitrogens with zero attached hydrogens (tertiary/aromatic N) is 1. The molecule has 0 fully saturated rings. The first-order chi connectivity index (χ1) is 11.4. The molecule has 0 spiro atoms. The summed E-state index contributed by atoms with van der Waals surface area (Å²) < 4.78 is 16.0. The van der Waals surface area contributed by atoms with Crippen LogP contribution in [0, 0.1) is 12.7 Å². The molecule has 0 radical (unpaired) electrons. The van der Waals surface area contributed by atoms with Gasteiger partial charge in [-0.1, -0.05) is 32.0 Å². The second-order valence-corrected chi connectivity index (χ2v) is 7.19. The van der Waals surface area contributed by atoms with Crippen molar-refractivity contribution in [3.63, 3.8) is 0 Å². The van der Waals surface area contributed by atoms with Gasteiger partial charge in [0.15, 0.2) is 6.20 Å². The summed E-state index contributed by atoms with van der Waals surface area (Å²) in [4.78, 5) is 0. The zero-order valence-electron chi connectivity index (χ0n) is 14.5. The van der Waals surface area contributed by atoms with E-state index in [4.69, 9.17) is 0 Å². The Bertz CT molecular complexity index is 970. The Kier molecular flexibility index (Phi) is 3.14. The molecule has 0 N–H and O–H groups in total. The lowest BCUT2D eigenvalue weighted by molar-refractivity contribution is -0.660. The molecule has 0 atom stereocenters. The molecule has 0 amide bonds. The quantitative estimate of drug-likeness (QED) is 0.560. The van der Waals surface area contributed by atoms with Crippen LogP contribution >= 0.6 is 0 Å². The highest BCUT2D eigenvalue weighted by Gasteiger charge is 2.39. The molecule has 0 aliphatic heterocycles. The summed E-state index contributed by atoms with van der Waals surface area (Å²) >= 11 is 0. The lowest BCUT2D eigenvalue weighted by atomic mass is 9.78. The molecule has 24 heavy (non-hydrogen) atoms. The maximum Gasteiger partial charge on any atom is 0.212 e. The van der Waals surface area contributed by atoms with Gasteiger partial charge in [-0.3, -0.25) is 0 Å². The molecule has 1 aliphatic rings. The van der Waals surface area contributed by atoms with Crippen LogP contribution in [0.3, 0.4) is 0 Å². The summed E-state index contributed by atoms with van der Waals surface area (Å²) in [6.07, 6.45) is 2.07. The van der Waals surface area contributed by atoms with Gasteiger partial charge in [-0.05, 0) is 52.9 Å². The minimum Gasteiger partial charge on any atom is -0.207 e. The monoisotopic (exact) mass is 318 g/mol. The average molecular weight is 318 g/mol. The van der Waals surface area contributed by atoms with Crippen LogP contribution in [0.15, 0.2) is 54.7 Å². The maximum atomic E-state index is 13.9. The van der Waals surface area contributed by atoms with E-state index < -0.39 is 0 Å². The van der Waals surface area contributed by atoms with Crippen molar-refractivity contribution >= 4 is 0 Å². The third kappa shape index (κ3) is 1.96. The Morgan fingerprint density at radius 3 is 2.50 bits per heavy atom. The van der Waals surface area contributed by atoms with E-state index in [1.807, 2.05) is 12.1 Å². The van der Waals surface area contributed by atoms with E-state index in [2.05, 4.69) is 62.8 Å². The SMILES string of the molecule is Cc1ccc2c(c1-c1cccc[n+]1C)C(C)(C)c1ccc(F)cc1-2. The van der Waals surface area contributed by atoms with Gasteiger partial charge < -0.3 is 0 Å². The Hall–Kier alpha value is -2.48. The fourth-order valence-corrected chi connectivity index (χ4v) is 4.11. The number of hydrogen-bond donors (Lipinski definition) is 0. The minimum absolute atomic E-state index is 0.150. The van der Waals surface area contributed by atoms with Crippen LogP contribution in [-0.2, 0) is 12.5 Å². The molecule has 2 heteroatoms. The highest BCUT2D eigenvalue weighted by atomic mass is 19.1. The Morgan fingerprint density at radius 1 is 0.958 bits per heavy atom. The normalized spacial score (nSPS) is 14.4. The number of aromatic nitrogens is 1. The largest absolute Gasteiger partial charge is 0.212 e. The van der Waals surface area contributed by atoms with Gasteiger partial charge in [-0.2, -0.15) is 0 Å². The lowest BCUT2D eigenvalue weighted by Gasteiger charge is -2.24. The summed E-state index contributed by atoms with van der Waals surface area (Å²) in [5.41, 5.74) is 8.22. The van der Waals surface area contributed by atoms with Crippen molar-refractivity contribution in [1.82, 2.24) is 0 Å². The maximum absolute atomic E-state index is 13.9. The van der Waals surface area contributed by atoms with Gasteiger partial charge in [0.25, 0.3) is 0 Å². The summed E-state index contributed by atoms with van der Waals surface area (Å²) in [6.45, 7) is 6.63. The van der Waals surface area contributed by atoms with Crippen LogP contribution in [0.4, 0.5) is 4.39 Å². The lowest BCUT2D eigenvalue weighted by Crippen LogP contribution is -2.31. The molecule has 1 aliphatic carbocycles. The van der Waals surface area contributed by atoms with Gasteiger partial charge in [-0.25, -0.2) is 8.96 Å². The van der Waals surface area contributed by atoms with Crippen LogP contribution in [0.2, 0.25) is 0 Å². The van der Waals surface area contributed by atoms with E-state index in [0.717, 1.165) is 11.1 Å². The van der Waals surface area contributed by atoms with Crippen molar-refractivity contribution in [3.05, 3.63) is 77.2 Å². The standard InChI is InChI=1S/C22H21FN/c1-14-8-10-16-17-13-15(23)9-11-18(17)22(2,3)21(16)20(14)19-7-5-6-12-24(19)4/h5-13H,1-4H3/q+1. The molecular weight excluding hydrogens is 297 g/mol. The number of rotatable bonds is 1. The first kappa shape index (κ1) is 15.1. The molecule has 0 saturated carbocycles. The van der Waals surface area contributed by atoms with Crippen molar-refractivity contribution < 1.29 is 8.96 Å². The van der Waals surface area contributed by atoms with Crippen molar-refractivity contribution in [2.24, 2.45) is 7.05 Å². The molecule has 0 bridgehead atoms. The molecule has 0 unspecified atom stereocenters. The Labute approximate surface area is 142 Å². The van der Waals surface area contributed by atoms with Crippen molar-refractivity contribution in [2.75, 3.05) is 0 Å². The third-order valence-electron chi connectivity index (χ3n) is 5.29. The molecular formula is C22H21FN+. The molecule has 1 nitrogen and oxygen atoms in total. The first-order valence-corrected chi connectivity index (χ1v) is 8.31. The van der Waals surface area contributed by atoms with Gasteiger partial charge in [0, 0.05) is 17.5 Å². The highest BCUT2D eigenvalue weighted by molar-refractivity contribution is 5.88. The fourth-order valence-electron chi connectivity index (χ4n) is 4.11. The predicted octanol–water partition coefficient (Wildman–Crippen LogP) is 4.93. The number of benzene rings is 2. The third-order valence-corrected chi connectivity index (χ3v) is 5.29. The van der Waals surface area contributed by atoms with E-state index in [1.165, 1.54) is 27.9 Å². The van der Waals surface area contributed by atoms with Gasteiger partial charge in [0.05, 0.1) is 5.56 Å². The summed E-state index contributed by atoms with van der Waals surface area (Å²) in [6, 6.07) is 15.7.